The summed E-state index contributed by atoms with van der Waals surface area (Å²) >= 11 is 0. The third kappa shape index (κ3) is 4.46. The topological polar surface area (TPSA) is 96.7 Å². The Balaban J connectivity index is 1.47. The number of carboxylic acid groups (broad SMARTS) is 1. The second-order valence-electron chi connectivity index (χ2n) is 10.2. The van der Waals surface area contributed by atoms with Crippen LogP contribution in [-0.4, -0.2) is 63.6 Å². The fourth-order valence-corrected chi connectivity index (χ4v) is 5.24. The Morgan fingerprint density at radius 2 is 2.06 bits per heavy atom. The van der Waals surface area contributed by atoms with Crippen LogP contribution >= 0.6 is 0 Å². The Hall–Kier alpha value is -2.61. The second-order valence-corrected chi connectivity index (χ2v) is 10.2. The maximum Gasteiger partial charge on any atom is 0.407 e. The molecule has 2 aromatic rings. The number of hydrogen-bond donors (Lipinski definition) is 2. The number of aryl methyl sites for hydroxylation is 1. The molecule has 8 nitrogen and oxygen atoms in total. The predicted molar refractivity (Wildman–Crippen MR) is 122 cm³/mol. The largest absolute Gasteiger partial charge is 0.465 e. The van der Waals surface area contributed by atoms with E-state index in [0.717, 1.165) is 42.3 Å². The van der Waals surface area contributed by atoms with Gasteiger partial charge >= 0.3 is 6.09 Å². The molecule has 3 unspecified atom stereocenters. The van der Waals surface area contributed by atoms with E-state index in [-0.39, 0.29) is 29.4 Å². The molecule has 2 N–H and O–H groups in total. The van der Waals surface area contributed by atoms with E-state index in [9.17, 15) is 14.7 Å². The van der Waals surface area contributed by atoms with E-state index in [4.69, 9.17) is 9.84 Å². The zero-order valence-corrected chi connectivity index (χ0v) is 19.4. The van der Waals surface area contributed by atoms with Gasteiger partial charge in [-0.2, -0.15) is 5.10 Å². The van der Waals surface area contributed by atoms with Crippen LogP contribution in [0.2, 0.25) is 0 Å². The van der Waals surface area contributed by atoms with Crippen LogP contribution in [0.3, 0.4) is 0 Å². The normalized spacial score (nSPS) is 23.8. The first-order valence-electron chi connectivity index (χ1n) is 11.5. The first-order chi connectivity index (χ1) is 15.1. The van der Waals surface area contributed by atoms with Crippen molar-refractivity contribution in [2.75, 3.05) is 19.7 Å². The second kappa shape index (κ2) is 8.73. The summed E-state index contributed by atoms with van der Waals surface area (Å²) in [6.45, 7) is 10.7. The number of amides is 2. The lowest BCUT2D eigenvalue weighted by Gasteiger charge is -2.52. The van der Waals surface area contributed by atoms with Crippen LogP contribution in [0.4, 0.5) is 4.79 Å². The molecule has 8 heteroatoms. The first-order valence-corrected chi connectivity index (χ1v) is 11.5. The zero-order valence-electron chi connectivity index (χ0n) is 19.4. The third-order valence-electron chi connectivity index (χ3n) is 6.78. The highest BCUT2D eigenvalue weighted by molar-refractivity contribution is 6.00. The molecule has 174 valence electrons. The summed E-state index contributed by atoms with van der Waals surface area (Å²) in [5.41, 5.74) is 2.26. The lowest BCUT2D eigenvalue weighted by Crippen LogP contribution is -2.64. The van der Waals surface area contributed by atoms with Crippen LogP contribution < -0.4 is 5.32 Å². The number of hydrogen-bond acceptors (Lipinski definition) is 4. The summed E-state index contributed by atoms with van der Waals surface area (Å²) in [5.74, 6) is 0.120. The van der Waals surface area contributed by atoms with Crippen LogP contribution in [0.1, 0.15) is 56.0 Å². The molecule has 1 aromatic heterocycles. The summed E-state index contributed by atoms with van der Waals surface area (Å²) in [6, 6.07) is 3.67. The Morgan fingerprint density at radius 1 is 1.28 bits per heavy atom. The smallest absolute Gasteiger partial charge is 0.407 e. The third-order valence-corrected chi connectivity index (χ3v) is 6.78. The van der Waals surface area contributed by atoms with Crippen molar-refractivity contribution in [1.29, 1.82) is 0 Å². The molecular weight excluding hydrogens is 408 g/mol. The molecule has 2 saturated heterocycles. The van der Waals surface area contributed by atoms with Gasteiger partial charge in [0.05, 0.1) is 11.6 Å². The van der Waals surface area contributed by atoms with E-state index in [1.54, 1.807) is 0 Å². The maximum atomic E-state index is 12.8. The molecule has 0 radical (unpaired) electrons. The molecule has 32 heavy (non-hydrogen) atoms. The Morgan fingerprint density at radius 3 is 2.72 bits per heavy atom. The average Bonchev–Trinajstić information content (AvgIpc) is 3.12. The standard InChI is InChI=1S/C24H34N4O4/c1-15-18(22(29)25-11-17-7-5-6-10-32-17)8-9-20-19(15)14-27(26-20)12-16-13-28(23(30)31)21(16)24(2,3)4/h8-9,14,16-17,21H,5-7,10-13H2,1-4H3,(H,25,29)(H,30,31). The quantitative estimate of drug-likeness (QED) is 0.737. The minimum atomic E-state index is -0.864. The van der Waals surface area contributed by atoms with Gasteiger partial charge in [-0.1, -0.05) is 20.8 Å². The molecular formula is C24H34N4O4. The number of fused-ring (bicyclic) bond motifs is 1. The Labute approximate surface area is 188 Å². The lowest BCUT2D eigenvalue weighted by molar-refractivity contribution is -0.0424. The van der Waals surface area contributed by atoms with Crippen molar-refractivity contribution < 1.29 is 19.4 Å². The van der Waals surface area contributed by atoms with Crippen molar-refractivity contribution >= 4 is 22.9 Å². The van der Waals surface area contributed by atoms with Crippen LogP contribution in [0.25, 0.3) is 10.9 Å². The number of carbonyl (C=O) groups is 2. The fraction of sp³-hybridized carbons (Fsp3) is 0.625. The molecule has 0 aliphatic carbocycles. The van der Waals surface area contributed by atoms with Gasteiger partial charge in [0.25, 0.3) is 5.91 Å². The number of nitrogens with zero attached hydrogens (tertiary/aromatic N) is 3. The van der Waals surface area contributed by atoms with Gasteiger partial charge < -0.3 is 20.1 Å². The molecule has 3 atom stereocenters. The van der Waals surface area contributed by atoms with E-state index in [1.165, 1.54) is 4.90 Å². The van der Waals surface area contributed by atoms with Crippen molar-refractivity contribution in [3.05, 3.63) is 29.5 Å². The zero-order chi connectivity index (χ0) is 23.0. The van der Waals surface area contributed by atoms with Gasteiger partial charge in [-0.05, 0) is 49.3 Å². The molecule has 2 aliphatic heterocycles. The summed E-state index contributed by atoms with van der Waals surface area (Å²) in [7, 11) is 0. The highest BCUT2D eigenvalue weighted by Gasteiger charge is 2.48. The monoisotopic (exact) mass is 442 g/mol. The van der Waals surface area contributed by atoms with Crippen molar-refractivity contribution in [2.45, 2.75) is 65.6 Å². The van der Waals surface area contributed by atoms with Gasteiger partial charge in [0.15, 0.2) is 0 Å². The van der Waals surface area contributed by atoms with E-state index < -0.39 is 6.09 Å². The Kier molecular flexibility index (Phi) is 6.16. The molecule has 0 spiro atoms. The lowest BCUT2D eigenvalue weighted by atomic mass is 9.72. The molecule has 4 rings (SSSR count). The SMILES string of the molecule is Cc1c(C(=O)NCC2CCCCO2)ccc2nn(CC3CN(C(=O)O)C3C(C)(C)C)cc12. The molecule has 0 bridgehead atoms. The van der Waals surface area contributed by atoms with Crippen molar-refractivity contribution in [2.24, 2.45) is 11.3 Å². The maximum absolute atomic E-state index is 12.8. The Bertz CT molecular complexity index is 1000. The van der Waals surface area contributed by atoms with Crippen molar-refractivity contribution in [1.82, 2.24) is 20.0 Å². The number of benzene rings is 1. The number of aromatic nitrogens is 2. The number of carbonyl (C=O) groups excluding carboxylic acids is 1. The van der Waals surface area contributed by atoms with Crippen molar-refractivity contribution in [3.63, 3.8) is 0 Å². The van der Waals surface area contributed by atoms with Crippen LogP contribution in [0.15, 0.2) is 18.3 Å². The van der Waals surface area contributed by atoms with Gasteiger partial charge in [-0.15, -0.1) is 0 Å². The summed E-state index contributed by atoms with van der Waals surface area (Å²) in [4.78, 5) is 25.9. The molecule has 2 amide bonds. The van der Waals surface area contributed by atoms with Gasteiger partial charge in [-0.3, -0.25) is 9.48 Å². The first kappa shape index (κ1) is 22.6. The molecule has 0 saturated carbocycles. The van der Waals surface area contributed by atoms with Gasteiger partial charge in [0.1, 0.15) is 0 Å². The average molecular weight is 443 g/mol. The molecule has 2 fully saturated rings. The van der Waals surface area contributed by atoms with E-state index >= 15 is 0 Å². The van der Waals surface area contributed by atoms with Crippen LogP contribution in [-0.2, 0) is 11.3 Å². The fourth-order valence-electron chi connectivity index (χ4n) is 5.24. The number of nitrogens with one attached hydrogen (secondary N) is 1. The number of ether oxygens (including phenoxy) is 1. The van der Waals surface area contributed by atoms with Crippen LogP contribution in [0, 0.1) is 18.3 Å². The summed E-state index contributed by atoms with van der Waals surface area (Å²) in [6.07, 6.45) is 4.44. The van der Waals surface area contributed by atoms with E-state index in [0.29, 0.717) is 25.2 Å². The highest BCUT2D eigenvalue weighted by Crippen LogP contribution is 2.39. The minimum Gasteiger partial charge on any atom is -0.465 e. The summed E-state index contributed by atoms with van der Waals surface area (Å²) in [5, 5.41) is 18.1. The van der Waals surface area contributed by atoms with Crippen molar-refractivity contribution in [3.8, 4) is 0 Å². The number of rotatable bonds is 5. The van der Waals surface area contributed by atoms with Gasteiger partial charge in [0, 0.05) is 55.3 Å². The van der Waals surface area contributed by atoms with Gasteiger partial charge in [0.2, 0.25) is 0 Å². The summed E-state index contributed by atoms with van der Waals surface area (Å²) < 4.78 is 7.61. The molecule has 1 aromatic carbocycles. The molecule has 3 heterocycles. The van der Waals surface area contributed by atoms with E-state index in [2.05, 4.69) is 26.1 Å². The number of likely N-dealkylation sites (tertiary alicyclic amines) is 1. The minimum absolute atomic E-state index is 0.0447. The highest BCUT2D eigenvalue weighted by atomic mass is 16.5. The molecule has 2 aliphatic rings. The van der Waals surface area contributed by atoms with Crippen LogP contribution in [0.5, 0.6) is 0 Å². The van der Waals surface area contributed by atoms with E-state index in [1.807, 2.05) is 29.9 Å². The van der Waals surface area contributed by atoms with Gasteiger partial charge in [-0.25, -0.2) is 4.79 Å². The predicted octanol–water partition coefficient (Wildman–Crippen LogP) is 3.67.